The topological polar surface area (TPSA) is 123 Å². The van der Waals surface area contributed by atoms with Gasteiger partial charge in [0.1, 0.15) is 11.8 Å². The molecule has 1 N–H and O–H groups in total. The molecule has 0 radical (unpaired) electrons. The number of benzene rings is 2. The van der Waals surface area contributed by atoms with Crippen molar-refractivity contribution in [2.75, 3.05) is 32.8 Å². The summed E-state index contributed by atoms with van der Waals surface area (Å²) in [4.78, 5) is 56.6. The summed E-state index contributed by atoms with van der Waals surface area (Å²) in [5.74, 6) is -0.169. The first-order valence-electron chi connectivity index (χ1n) is 16.5. The number of nitrogens with zero attached hydrogens (tertiary/aromatic N) is 4. The third-order valence-electron chi connectivity index (χ3n) is 10.3. The highest BCUT2D eigenvalue weighted by Crippen LogP contribution is 2.40. The Morgan fingerprint density at radius 1 is 1.07 bits per heavy atom. The number of carbonyl (C=O) groups excluding carboxylic acids is 4. The number of hydrogen-bond donors (Lipinski definition) is 1. The smallest absolute Gasteiger partial charge is 0.255 e. The van der Waals surface area contributed by atoms with Gasteiger partial charge in [-0.1, -0.05) is 23.8 Å². The predicted molar refractivity (Wildman–Crippen MR) is 171 cm³/mol. The van der Waals surface area contributed by atoms with Crippen LogP contribution in [-0.4, -0.2) is 83.2 Å². The lowest BCUT2D eigenvalue weighted by Crippen LogP contribution is -2.52. The van der Waals surface area contributed by atoms with Gasteiger partial charge in [-0.3, -0.25) is 29.4 Å². The Balaban J connectivity index is 1.02. The van der Waals surface area contributed by atoms with Crippen LogP contribution in [-0.2, 0) is 26.3 Å². The Bertz CT molecular complexity index is 1580. The van der Waals surface area contributed by atoms with Crippen LogP contribution in [0, 0.1) is 32.1 Å². The third-order valence-corrected chi connectivity index (χ3v) is 10.3. The molecule has 0 bridgehead atoms. The van der Waals surface area contributed by atoms with Crippen molar-refractivity contribution in [3.05, 3.63) is 63.7 Å². The molecule has 10 heteroatoms. The first kappa shape index (κ1) is 31.7. The molecule has 4 aliphatic heterocycles. The largest absolute Gasteiger partial charge is 0.493 e. The number of imide groups is 1. The van der Waals surface area contributed by atoms with Crippen LogP contribution in [0.25, 0.3) is 0 Å². The second-order valence-electron chi connectivity index (χ2n) is 13.4. The quantitative estimate of drug-likeness (QED) is 0.351. The van der Waals surface area contributed by atoms with Crippen molar-refractivity contribution < 1.29 is 23.9 Å². The van der Waals surface area contributed by atoms with E-state index in [1.165, 1.54) is 10.5 Å². The maximum absolute atomic E-state index is 13.7. The van der Waals surface area contributed by atoms with E-state index in [4.69, 9.17) is 4.74 Å². The number of likely N-dealkylation sites (tertiary alicyclic amines) is 2. The Morgan fingerprint density at radius 3 is 2.50 bits per heavy atom. The zero-order valence-electron chi connectivity index (χ0n) is 27.1. The zero-order chi connectivity index (χ0) is 32.6. The van der Waals surface area contributed by atoms with Gasteiger partial charge < -0.3 is 14.5 Å². The van der Waals surface area contributed by atoms with Crippen LogP contribution >= 0.6 is 0 Å². The zero-order valence-corrected chi connectivity index (χ0v) is 27.1. The molecule has 2 aromatic carbocycles. The highest BCUT2D eigenvalue weighted by molar-refractivity contribution is 6.05. The fourth-order valence-corrected chi connectivity index (χ4v) is 8.19. The molecule has 46 heavy (non-hydrogen) atoms. The third kappa shape index (κ3) is 5.89. The van der Waals surface area contributed by atoms with E-state index in [9.17, 15) is 24.4 Å². The van der Waals surface area contributed by atoms with Gasteiger partial charge in [0.2, 0.25) is 17.7 Å². The molecule has 2 aromatic rings. The fraction of sp³-hybridized carbons (Fsp3) is 0.528. The van der Waals surface area contributed by atoms with E-state index in [-0.39, 0.29) is 36.7 Å². The summed E-state index contributed by atoms with van der Waals surface area (Å²) in [6.45, 7) is 9.72. The normalized spacial score (nSPS) is 22.9. The Labute approximate surface area is 270 Å². The minimum Gasteiger partial charge on any atom is -0.493 e. The molecule has 0 spiro atoms. The van der Waals surface area contributed by atoms with E-state index in [0.717, 1.165) is 54.6 Å². The summed E-state index contributed by atoms with van der Waals surface area (Å²) in [6.07, 6.45) is 4.35. The van der Waals surface area contributed by atoms with Crippen molar-refractivity contribution in [2.45, 2.75) is 89.8 Å². The molecular formula is C36H43N5O5. The molecule has 2 atom stereocenters. The number of piperidine rings is 2. The summed E-state index contributed by atoms with van der Waals surface area (Å²) in [6, 6.07) is 11.5. The number of rotatable bonds is 8. The van der Waals surface area contributed by atoms with Gasteiger partial charge in [0.15, 0.2) is 0 Å². The van der Waals surface area contributed by atoms with Gasteiger partial charge in [-0.25, -0.2) is 0 Å². The molecule has 6 rings (SSSR count). The molecular weight excluding hydrogens is 582 g/mol. The number of fused-ring (bicyclic) bond motifs is 1. The second-order valence-corrected chi connectivity index (χ2v) is 13.4. The molecule has 242 valence electrons. The predicted octanol–water partition coefficient (Wildman–Crippen LogP) is 3.69. The highest BCUT2D eigenvalue weighted by Gasteiger charge is 2.43. The van der Waals surface area contributed by atoms with Gasteiger partial charge in [-0.15, -0.1) is 0 Å². The first-order chi connectivity index (χ1) is 22.1. The number of aryl methyl sites for hydroxylation is 3. The number of carbonyl (C=O) groups is 4. The molecule has 3 fully saturated rings. The lowest BCUT2D eigenvalue weighted by Gasteiger charge is -2.40. The van der Waals surface area contributed by atoms with Crippen LogP contribution in [0.1, 0.15) is 83.1 Å². The van der Waals surface area contributed by atoms with Crippen molar-refractivity contribution in [1.82, 2.24) is 20.0 Å². The van der Waals surface area contributed by atoms with Crippen LogP contribution in [0.2, 0.25) is 0 Å². The highest BCUT2D eigenvalue weighted by atomic mass is 16.5. The number of amides is 4. The van der Waals surface area contributed by atoms with Crippen molar-refractivity contribution in [3.8, 4) is 11.8 Å². The van der Waals surface area contributed by atoms with Gasteiger partial charge in [0.05, 0.1) is 30.7 Å². The van der Waals surface area contributed by atoms with Gasteiger partial charge >= 0.3 is 0 Å². The van der Waals surface area contributed by atoms with Crippen molar-refractivity contribution in [1.29, 1.82) is 5.26 Å². The molecule has 1 unspecified atom stereocenters. The summed E-state index contributed by atoms with van der Waals surface area (Å²) >= 11 is 0. The molecule has 0 aromatic heterocycles. The monoisotopic (exact) mass is 625 g/mol. The standard InChI is InChI=1S/C36H43N5O5/c1-23-19-24(2)32(25(3)20-23)36(22-37)12-16-40(17-13-36)35(45)29-8-5-14-39(29)15-6-18-46-30-9-4-7-26-27(30)21-41(34(26)44)28-10-11-31(42)38-33(28)43/h4,7,9,19-20,28-29H,5-6,8,10-18,21H2,1-3H3,(H,38,42,43)/t28?,29-/m1/s1. The van der Waals surface area contributed by atoms with E-state index >= 15 is 0 Å². The maximum atomic E-state index is 13.7. The number of ether oxygens (including phenoxy) is 1. The maximum Gasteiger partial charge on any atom is 0.255 e. The van der Waals surface area contributed by atoms with Crippen LogP contribution < -0.4 is 10.1 Å². The Hall–Kier alpha value is -4.23. The lowest BCUT2D eigenvalue weighted by atomic mass is 9.70. The molecule has 4 amide bonds. The van der Waals surface area contributed by atoms with E-state index < -0.39 is 17.4 Å². The summed E-state index contributed by atoms with van der Waals surface area (Å²) < 4.78 is 6.17. The summed E-state index contributed by atoms with van der Waals surface area (Å²) in [7, 11) is 0. The lowest BCUT2D eigenvalue weighted by molar-refractivity contribution is -0.138. The van der Waals surface area contributed by atoms with Crippen molar-refractivity contribution >= 4 is 23.6 Å². The average Bonchev–Trinajstić information content (AvgIpc) is 3.63. The number of nitriles is 1. The van der Waals surface area contributed by atoms with Crippen LogP contribution in [0.5, 0.6) is 5.75 Å². The molecule has 0 saturated carbocycles. The number of nitrogens with one attached hydrogen (secondary N) is 1. The first-order valence-corrected chi connectivity index (χ1v) is 16.5. The van der Waals surface area contributed by atoms with Gasteiger partial charge in [-0.05, 0) is 94.7 Å². The van der Waals surface area contributed by atoms with Crippen LogP contribution in [0.3, 0.4) is 0 Å². The summed E-state index contributed by atoms with van der Waals surface area (Å²) in [5.41, 5.74) is 5.37. The summed E-state index contributed by atoms with van der Waals surface area (Å²) in [5, 5.41) is 12.7. The minimum atomic E-state index is -0.665. The average molecular weight is 626 g/mol. The van der Waals surface area contributed by atoms with E-state index in [0.29, 0.717) is 50.3 Å². The van der Waals surface area contributed by atoms with Crippen LogP contribution in [0.4, 0.5) is 0 Å². The molecule has 4 aliphatic rings. The van der Waals surface area contributed by atoms with Crippen LogP contribution in [0.15, 0.2) is 30.3 Å². The SMILES string of the molecule is Cc1cc(C)c(C2(C#N)CCN(C(=O)[C@H]3CCCN3CCCOc3cccc4c3CN(C3CCC(=O)NC3=O)C4=O)CC2)c(C)c1. The molecule has 10 nitrogen and oxygen atoms in total. The Kier molecular flexibility index (Phi) is 8.88. The number of hydrogen-bond acceptors (Lipinski definition) is 7. The molecule has 0 aliphatic carbocycles. The Morgan fingerprint density at radius 2 is 1.80 bits per heavy atom. The van der Waals surface area contributed by atoms with E-state index in [1.807, 2.05) is 11.0 Å². The molecule has 3 saturated heterocycles. The van der Waals surface area contributed by atoms with E-state index in [1.54, 1.807) is 12.1 Å². The van der Waals surface area contributed by atoms with E-state index in [2.05, 4.69) is 49.2 Å². The van der Waals surface area contributed by atoms with Gasteiger partial charge in [-0.2, -0.15) is 5.26 Å². The second kappa shape index (κ2) is 12.9. The minimum absolute atomic E-state index is 0.155. The van der Waals surface area contributed by atoms with Crippen molar-refractivity contribution in [3.63, 3.8) is 0 Å². The van der Waals surface area contributed by atoms with Gasteiger partial charge in [0, 0.05) is 37.2 Å². The van der Waals surface area contributed by atoms with Gasteiger partial charge in [0.25, 0.3) is 5.91 Å². The molecule has 4 heterocycles. The van der Waals surface area contributed by atoms with Crippen molar-refractivity contribution in [2.24, 2.45) is 0 Å². The fourth-order valence-electron chi connectivity index (χ4n) is 8.19.